The molecule has 0 spiro atoms. The third-order valence-electron chi connectivity index (χ3n) is 4.40. The number of anilines is 1. The first-order chi connectivity index (χ1) is 13.4. The molecule has 1 aromatic heterocycles. The van der Waals surface area contributed by atoms with Gasteiger partial charge in [0.25, 0.3) is 0 Å². The molecule has 5 heteroatoms. The lowest BCUT2D eigenvalue weighted by Crippen LogP contribution is -2.40. The van der Waals surface area contributed by atoms with Gasteiger partial charge in [0.1, 0.15) is 0 Å². The van der Waals surface area contributed by atoms with Crippen molar-refractivity contribution in [3.05, 3.63) is 93.7 Å². The van der Waals surface area contributed by atoms with E-state index in [9.17, 15) is 5.11 Å². The van der Waals surface area contributed by atoms with Gasteiger partial charge in [-0.25, -0.2) is 0 Å². The van der Waals surface area contributed by atoms with Crippen molar-refractivity contribution in [3.8, 4) is 0 Å². The molecule has 3 aromatic rings. The van der Waals surface area contributed by atoms with Crippen molar-refractivity contribution in [3.63, 3.8) is 0 Å². The number of halogens is 1. The highest BCUT2D eigenvalue weighted by Crippen LogP contribution is 2.25. The number of hydrogen-bond donors (Lipinski definition) is 1. The fourth-order valence-corrected chi connectivity index (χ4v) is 3.67. The lowest BCUT2D eigenvalue weighted by molar-refractivity contribution is -0.578. The third-order valence-corrected chi connectivity index (χ3v) is 5.38. The van der Waals surface area contributed by atoms with Crippen LogP contribution in [-0.4, -0.2) is 4.99 Å². The summed E-state index contributed by atoms with van der Waals surface area (Å²) in [5.74, 6) is -0.147. The van der Waals surface area contributed by atoms with Gasteiger partial charge >= 0.3 is 0 Å². The van der Waals surface area contributed by atoms with Crippen molar-refractivity contribution >= 4 is 50.3 Å². The van der Waals surface area contributed by atoms with E-state index in [1.165, 1.54) is 0 Å². The molecule has 3 nitrogen and oxygen atoms in total. The second-order valence-corrected chi connectivity index (χ2v) is 7.98. The predicted octanol–water partition coefficient (Wildman–Crippen LogP) is 4.79. The van der Waals surface area contributed by atoms with Crippen LogP contribution >= 0.6 is 28.1 Å². The molecule has 0 radical (unpaired) electrons. The Hall–Kier alpha value is -2.50. The minimum absolute atomic E-state index is 0.147. The maximum Gasteiger partial charge on any atom is 0.238 e. The number of aromatic nitrogens is 1. The van der Waals surface area contributed by atoms with Crippen LogP contribution in [0.1, 0.15) is 22.3 Å². The van der Waals surface area contributed by atoms with Crippen LogP contribution < -0.4 is 15.0 Å². The van der Waals surface area contributed by atoms with E-state index in [1.807, 2.05) is 75.6 Å². The fraction of sp³-hybridized carbons (Fsp3) is 0.130. The van der Waals surface area contributed by atoms with Crippen LogP contribution in [-0.2, 0) is 0 Å². The van der Waals surface area contributed by atoms with Gasteiger partial charge < -0.3 is 10.4 Å². The zero-order chi connectivity index (χ0) is 20.3. The SMILES string of the molecule is Cc1ccc(C)c(NC(=S)/C(=C(\[O-])c2ccccc2Br)[n+]2cccc(C)c2)c1. The molecule has 1 heterocycles. The molecule has 0 unspecified atom stereocenters. The summed E-state index contributed by atoms with van der Waals surface area (Å²) in [6, 6.07) is 17.4. The number of pyridine rings is 1. The van der Waals surface area contributed by atoms with E-state index < -0.39 is 0 Å². The Morgan fingerprint density at radius 2 is 1.75 bits per heavy atom. The zero-order valence-corrected chi connectivity index (χ0v) is 18.4. The Morgan fingerprint density at radius 1 is 1.00 bits per heavy atom. The molecule has 3 rings (SSSR count). The first-order valence-electron chi connectivity index (χ1n) is 8.90. The van der Waals surface area contributed by atoms with E-state index in [0.717, 1.165) is 26.9 Å². The lowest BCUT2D eigenvalue weighted by atomic mass is 10.1. The minimum atomic E-state index is -0.147. The highest BCUT2D eigenvalue weighted by Gasteiger charge is 2.20. The molecule has 0 fully saturated rings. The maximum absolute atomic E-state index is 13.4. The highest BCUT2D eigenvalue weighted by atomic mass is 79.9. The summed E-state index contributed by atoms with van der Waals surface area (Å²) in [5.41, 5.74) is 5.10. The molecule has 1 N–H and O–H groups in total. The summed E-state index contributed by atoms with van der Waals surface area (Å²) < 4.78 is 2.53. The number of aryl methyl sites for hydroxylation is 3. The van der Waals surface area contributed by atoms with Crippen LogP contribution in [0.3, 0.4) is 0 Å². The molecular formula is C23H21BrN2OS. The first kappa shape index (κ1) is 20.2. The van der Waals surface area contributed by atoms with E-state index in [-0.39, 0.29) is 5.76 Å². The Labute approximate surface area is 179 Å². The zero-order valence-electron chi connectivity index (χ0n) is 16.0. The van der Waals surface area contributed by atoms with Crippen molar-refractivity contribution in [2.24, 2.45) is 0 Å². The van der Waals surface area contributed by atoms with Gasteiger partial charge in [-0.15, -0.1) is 0 Å². The quantitative estimate of drug-likeness (QED) is 0.267. The van der Waals surface area contributed by atoms with Crippen LogP contribution in [0.15, 0.2) is 71.5 Å². The predicted molar refractivity (Wildman–Crippen MR) is 121 cm³/mol. The molecule has 0 aliphatic heterocycles. The molecular weight excluding hydrogens is 432 g/mol. The second kappa shape index (κ2) is 8.67. The smallest absolute Gasteiger partial charge is 0.238 e. The number of nitrogens with one attached hydrogen (secondary N) is 1. The molecule has 0 saturated heterocycles. The summed E-state index contributed by atoms with van der Waals surface area (Å²) in [4.78, 5) is 0.380. The second-order valence-electron chi connectivity index (χ2n) is 6.72. The lowest BCUT2D eigenvalue weighted by Gasteiger charge is -2.19. The Kier molecular flexibility index (Phi) is 6.27. The van der Waals surface area contributed by atoms with Gasteiger partial charge in [-0.2, -0.15) is 4.57 Å². The number of nitrogens with zero attached hydrogens (tertiary/aromatic N) is 1. The van der Waals surface area contributed by atoms with Crippen molar-refractivity contribution in [2.75, 3.05) is 5.32 Å². The van der Waals surface area contributed by atoms with Crippen molar-refractivity contribution in [1.29, 1.82) is 0 Å². The number of rotatable bonds is 4. The van der Waals surface area contributed by atoms with Crippen LogP contribution in [0.4, 0.5) is 5.69 Å². The summed E-state index contributed by atoms with van der Waals surface area (Å²) in [6.07, 6.45) is 3.75. The van der Waals surface area contributed by atoms with Gasteiger partial charge in [0.2, 0.25) is 5.70 Å². The van der Waals surface area contributed by atoms with Crippen molar-refractivity contribution < 1.29 is 9.67 Å². The topological polar surface area (TPSA) is 39.0 Å². The number of hydrogen-bond acceptors (Lipinski definition) is 2. The van der Waals surface area contributed by atoms with Gasteiger partial charge in [-0.1, -0.05) is 58.5 Å². The Balaban J connectivity index is 2.14. The van der Waals surface area contributed by atoms with Crippen LogP contribution in [0.25, 0.3) is 11.5 Å². The molecule has 28 heavy (non-hydrogen) atoms. The van der Waals surface area contributed by atoms with E-state index in [2.05, 4.69) is 27.3 Å². The summed E-state index contributed by atoms with van der Waals surface area (Å²) in [6.45, 7) is 6.03. The van der Waals surface area contributed by atoms with Gasteiger partial charge in [0.05, 0.1) is 0 Å². The normalized spacial score (nSPS) is 11.7. The van der Waals surface area contributed by atoms with Crippen LogP contribution in [0.2, 0.25) is 0 Å². The third kappa shape index (κ3) is 4.49. The van der Waals surface area contributed by atoms with Crippen molar-refractivity contribution in [1.82, 2.24) is 0 Å². The fourth-order valence-electron chi connectivity index (χ4n) is 2.89. The standard InChI is InChI=1S/C23H21BrN2OS/c1-15-10-11-17(3)20(13-15)25-23(28)21(26-12-6-7-16(2)14-26)22(27)18-8-4-5-9-19(18)24/h4-14H,1-3H3,(H-,25,27,28). The average Bonchev–Trinajstić information content (AvgIpc) is 2.65. The van der Waals surface area contributed by atoms with Crippen LogP contribution in [0.5, 0.6) is 0 Å². The number of thiocarbonyl (C=S) groups is 1. The van der Waals surface area contributed by atoms with E-state index in [0.29, 0.717) is 16.2 Å². The monoisotopic (exact) mass is 452 g/mol. The molecule has 0 aliphatic rings. The van der Waals surface area contributed by atoms with Crippen molar-refractivity contribution in [2.45, 2.75) is 20.8 Å². The summed E-state index contributed by atoms with van der Waals surface area (Å²) in [7, 11) is 0. The molecule has 0 atom stereocenters. The minimum Gasteiger partial charge on any atom is -0.867 e. The molecule has 0 aliphatic carbocycles. The van der Waals surface area contributed by atoms with Gasteiger partial charge in [0.15, 0.2) is 17.4 Å². The van der Waals surface area contributed by atoms with E-state index in [4.69, 9.17) is 12.2 Å². The summed E-state index contributed by atoms with van der Waals surface area (Å²) >= 11 is 9.18. The van der Waals surface area contributed by atoms with Gasteiger partial charge in [-0.3, -0.25) is 0 Å². The average molecular weight is 453 g/mol. The molecule has 0 bridgehead atoms. The molecule has 0 amide bonds. The molecule has 0 saturated carbocycles. The highest BCUT2D eigenvalue weighted by molar-refractivity contribution is 9.10. The molecule has 142 valence electrons. The molecule has 2 aromatic carbocycles. The van der Waals surface area contributed by atoms with E-state index >= 15 is 0 Å². The van der Waals surface area contributed by atoms with E-state index in [1.54, 1.807) is 10.6 Å². The van der Waals surface area contributed by atoms with Gasteiger partial charge in [-0.05, 0) is 61.4 Å². The number of benzene rings is 2. The largest absolute Gasteiger partial charge is 0.867 e. The maximum atomic E-state index is 13.4. The Bertz CT molecular complexity index is 1080. The first-order valence-corrected chi connectivity index (χ1v) is 10.1. The van der Waals surface area contributed by atoms with Crippen LogP contribution in [0, 0.1) is 20.8 Å². The summed E-state index contributed by atoms with van der Waals surface area (Å²) in [5, 5.41) is 16.7. The Morgan fingerprint density at radius 3 is 2.46 bits per heavy atom. The van der Waals surface area contributed by atoms with Gasteiger partial charge in [0, 0.05) is 21.8 Å².